The van der Waals surface area contributed by atoms with E-state index in [-0.39, 0.29) is 5.13 Å². The van der Waals surface area contributed by atoms with Crippen molar-refractivity contribution < 1.29 is 8.42 Å². The highest BCUT2D eigenvalue weighted by atomic mass is 32.2. The Morgan fingerprint density at radius 1 is 1.45 bits per heavy atom. The molecule has 0 saturated carbocycles. The summed E-state index contributed by atoms with van der Waals surface area (Å²) >= 11 is 2.77. The van der Waals surface area contributed by atoms with Gasteiger partial charge in [-0.05, 0) is 19.1 Å². The zero-order valence-electron chi connectivity index (χ0n) is 10.6. The van der Waals surface area contributed by atoms with Crippen LogP contribution in [0, 0.1) is 18.3 Å². The van der Waals surface area contributed by atoms with Gasteiger partial charge in [-0.1, -0.05) is 0 Å². The molecule has 2 rings (SSSR count). The Kier molecular flexibility index (Phi) is 4.39. The number of thiophene rings is 1. The summed E-state index contributed by atoms with van der Waals surface area (Å²) in [5.41, 5.74) is 6.32. The number of anilines is 1. The lowest BCUT2D eigenvalue weighted by Gasteiger charge is -1.98. The molecule has 0 spiro atoms. The van der Waals surface area contributed by atoms with E-state index in [1.54, 1.807) is 6.07 Å². The molecule has 2 heterocycles. The minimum atomic E-state index is -3.65. The molecule has 0 bridgehead atoms. The van der Waals surface area contributed by atoms with Crippen molar-refractivity contribution in [1.29, 1.82) is 5.26 Å². The lowest BCUT2D eigenvalue weighted by Crippen LogP contribution is -2.15. The predicted octanol–water partition coefficient (Wildman–Crippen LogP) is 1.90. The SMILES string of the molecule is Cc1sc(NS(=O)(=O)CC#N)nc1-c1ccc(CN)s1. The summed E-state index contributed by atoms with van der Waals surface area (Å²) in [5, 5.41) is 8.72. The van der Waals surface area contributed by atoms with Crippen molar-refractivity contribution in [2.75, 3.05) is 10.5 Å². The third kappa shape index (κ3) is 3.34. The van der Waals surface area contributed by atoms with Crippen molar-refractivity contribution in [1.82, 2.24) is 4.98 Å². The van der Waals surface area contributed by atoms with E-state index in [4.69, 9.17) is 11.0 Å². The molecule has 20 heavy (non-hydrogen) atoms. The number of nitriles is 1. The van der Waals surface area contributed by atoms with Crippen LogP contribution in [0.25, 0.3) is 10.6 Å². The number of rotatable bonds is 5. The molecule has 0 atom stereocenters. The molecule has 3 N–H and O–H groups in total. The van der Waals surface area contributed by atoms with E-state index in [0.29, 0.717) is 6.54 Å². The second-order valence-corrected chi connectivity index (χ2v) is 8.01. The molecular weight excluding hydrogens is 316 g/mol. The van der Waals surface area contributed by atoms with Crippen LogP contribution in [0.4, 0.5) is 5.13 Å². The molecule has 0 unspecified atom stereocenters. The Hall–Kier alpha value is -1.47. The minimum Gasteiger partial charge on any atom is -0.326 e. The van der Waals surface area contributed by atoms with Crippen molar-refractivity contribution in [2.24, 2.45) is 5.73 Å². The summed E-state index contributed by atoms with van der Waals surface area (Å²) in [5.74, 6) is -0.586. The fourth-order valence-electron chi connectivity index (χ4n) is 1.54. The molecule has 9 heteroatoms. The molecule has 0 aromatic carbocycles. The second-order valence-electron chi connectivity index (χ2n) is 3.91. The van der Waals surface area contributed by atoms with Crippen molar-refractivity contribution in [3.05, 3.63) is 21.9 Å². The zero-order valence-corrected chi connectivity index (χ0v) is 13.0. The Bertz CT molecular complexity index is 755. The summed E-state index contributed by atoms with van der Waals surface area (Å²) in [6.45, 7) is 2.34. The molecule has 0 saturated heterocycles. The number of nitrogens with one attached hydrogen (secondary N) is 1. The molecule has 0 amide bonds. The maximum absolute atomic E-state index is 11.5. The number of thiazole rings is 1. The number of hydrogen-bond donors (Lipinski definition) is 2. The van der Waals surface area contributed by atoms with Gasteiger partial charge in [-0.15, -0.1) is 22.7 Å². The van der Waals surface area contributed by atoms with Crippen LogP contribution in [0.2, 0.25) is 0 Å². The summed E-state index contributed by atoms with van der Waals surface area (Å²) in [4.78, 5) is 7.18. The quantitative estimate of drug-likeness (QED) is 0.871. The summed E-state index contributed by atoms with van der Waals surface area (Å²) in [6, 6.07) is 5.45. The second kappa shape index (κ2) is 5.88. The fourth-order valence-corrected chi connectivity index (χ4v) is 4.32. The number of aromatic nitrogens is 1. The van der Waals surface area contributed by atoms with Crippen LogP contribution in [0.5, 0.6) is 0 Å². The van der Waals surface area contributed by atoms with Crippen LogP contribution in [-0.2, 0) is 16.6 Å². The third-order valence-electron chi connectivity index (χ3n) is 2.39. The Morgan fingerprint density at radius 3 is 2.80 bits per heavy atom. The summed E-state index contributed by atoms with van der Waals surface area (Å²) < 4.78 is 25.4. The third-order valence-corrected chi connectivity index (χ3v) is 5.53. The van der Waals surface area contributed by atoms with Gasteiger partial charge in [0, 0.05) is 16.3 Å². The van der Waals surface area contributed by atoms with E-state index in [1.165, 1.54) is 22.7 Å². The van der Waals surface area contributed by atoms with Gasteiger partial charge in [-0.25, -0.2) is 13.4 Å². The van der Waals surface area contributed by atoms with Gasteiger partial charge in [0.1, 0.15) is 0 Å². The fraction of sp³-hybridized carbons (Fsp3) is 0.273. The van der Waals surface area contributed by atoms with Crippen LogP contribution in [0.15, 0.2) is 12.1 Å². The molecule has 0 aliphatic heterocycles. The maximum atomic E-state index is 11.5. The average molecular weight is 328 g/mol. The van der Waals surface area contributed by atoms with E-state index < -0.39 is 15.8 Å². The highest BCUT2D eigenvalue weighted by Crippen LogP contribution is 2.34. The van der Waals surface area contributed by atoms with Crippen molar-refractivity contribution in [2.45, 2.75) is 13.5 Å². The number of sulfonamides is 1. The Morgan fingerprint density at radius 2 is 2.20 bits per heavy atom. The molecule has 6 nitrogen and oxygen atoms in total. The van der Waals surface area contributed by atoms with Gasteiger partial charge in [-0.2, -0.15) is 5.26 Å². The largest absolute Gasteiger partial charge is 0.326 e. The van der Waals surface area contributed by atoms with Crippen molar-refractivity contribution in [3.63, 3.8) is 0 Å². The van der Waals surface area contributed by atoms with Crippen molar-refractivity contribution >= 4 is 37.8 Å². The van der Waals surface area contributed by atoms with Gasteiger partial charge in [0.15, 0.2) is 10.9 Å². The van der Waals surface area contributed by atoms with Gasteiger partial charge in [0.25, 0.3) is 0 Å². The van der Waals surface area contributed by atoms with E-state index in [2.05, 4.69) is 9.71 Å². The van der Waals surface area contributed by atoms with Gasteiger partial charge >= 0.3 is 0 Å². The first kappa shape index (κ1) is 14.9. The molecule has 0 aliphatic carbocycles. The maximum Gasteiger partial charge on any atom is 0.247 e. The van der Waals surface area contributed by atoms with Crippen LogP contribution >= 0.6 is 22.7 Å². The van der Waals surface area contributed by atoms with Gasteiger partial charge in [0.05, 0.1) is 16.6 Å². The molecule has 106 valence electrons. The number of nitrogens with two attached hydrogens (primary N) is 1. The highest BCUT2D eigenvalue weighted by molar-refractivity contribution is 7.93. The van der Waals surface area contributed by atoms with E-state index in [9.17, 15) is 8.42 Å². The van der Waals surface area contributed by atoms with Crippen molar-refractivity contribution in [3.8, 4) is 16.6 Å². The first-order valence-corrected chi connectivity index (χ1v) is 8.87. The van der Waals surface area contributed by atoms with Gasteiger partial charge in [-0.3, -0.25) is 4.72 Å². The minimum absolute atomic E-state index is 0.274. The predicted molar refractivity (Wildman–Crippen MR) is 81.1 cm³/mol. The molecular formula is C11H12N4O2S3. The number of aryl methyl sites for hydroxylation is 1. The molecule has 0 radical (unpaired) electrons. The number of nitrogens with zero attached hydrogens (tertiary/aromatic N) is 2. The lowest BCUT2D eigenvalue weighted by atomic mass is 10.3. The monoisotopic (exact) mass is 328 g/mol. The molecule has 2 aromatic heterocycles. The zero-order chi connectivity index (χ0) is 14.8. The topological polar surface area (TPSA) is 109 Å². The normalized spacial score (nSPS) is 11.2. The first-order valence-electron chi connectivity index (χ1n) is 5.59. The first-order chi connectivity index (χ1) is 9.45. The standard InChI is InChI=1S/C11H12N4O2S3/c1-7-10(9-3-2-8(6-13)19-9)14-11(18-7)15-20(16,17)5-4-12/h2-3H,5-6,13H2,1H3,(H,14,15). The van der Waals surface area contributed by atoms with Crippen LogP contribution in [-0.4, -0.2) is 19.2 Å². The van der Waals surface area contributed by atoms with E-state index in [0.717, 1.165) is 20.3 Å². The molecule has 2 aromatic rings. The lowest BCUT2D eigenvalue weighted by molar-refractivity contribution is 0.604. The summed E-state index contributed by atoms with van der Waals surface area (Å²) in [6.07, 6.45) is 0. The molecule has 0 aliphatic rings. The Labute approximate surface area is 124 Å². The summed E-state index contributed by atoms with van der Waals surface area (Å²) in [7, 11) is -3.65. The average Bonchev–Trinajstić information content (AvgIpc) is 2.94. The van der Waals surface area contributed by atoms with Gasteiger partial charge < -0.3 is 5.73 Å². The number of hydrogen-bond acceptors (Lipinski definition) is 7. The molecule has 0 fully saturated rings. The smallest absolute Gasteiger partial charge is 0.247 e. The highest BCUT2D eigenvalue weighted by Gasteiger charge is 2.16. The Balaban J connectivity index is 2.28. The van der Waals surface area contributed by atoms with Crippen LogP contribution < -0.4 is 10.5 Å². The van der Waals surface area contributed by atoms with Crippen LogP contribution in [0.3, 0.4) is 0 Å². The van der Waals surface area contributed by atoms with Crippen LogP contribution in [0.1, 0.15) is 9.75 Å². The van der Waals surface area contributed by atoms with E-state index in [1.807, 2.05) is 19.1 Å². The van der Waals surface area contributed by atoms with Gasteiger partial charge in [0.2, 0.25) is 10.0 Å². The van der Waals surface area contributed by atoms with E-state index >= 15 is 0 Å².